The first-order valence-corrected chi connectivity index (χ1v) is 51.9. The van der Waals surface area contributed by atoms with E-state index in [2.05, 4.69) is 139 Å². The molecule has 6 aromatic carbocycles. The van der Waals surface area contributed by atoms with Gasteiger partial charge < -0.3 is 85.5 Å². The molecule has 0 amide bonds. The van der Waals surface area contributed by atoms with Crippen molar-refractivity contribution in [3.8, 4) is 70.5 Å². The van der Waals surface area contributed by atoms with Crippen LogP contribution in [0.25, 0.3) is 0 Å². The van der Waals surface area contributed by atoms with E-state index in [-0.39, 0.29) is 188 Å². The van der Waals surface area contributed by atoms with Crippen LogP contribution in [0.3, 0.4) is 0 Å². The predicted octanol–water partition coefficient (Wildman–Crippen LogP) is 19.2. The number of alkyl halides is 9. The van der Waals surface area contributed by atoms with Crippen molar-refractivity contribution in [1.82, 2.24) is 4.84 Å². The van der Waals surface area contributed by atoms with Crippen LogP contribution in [0.15, 0.2) is 146 Å². The molecule has 3 aliphatic carbocycles. The monoisotopic (exact) mass is 2650 g/mol. The van der Waals surface area contributed by atoms with E-state index >= 15 is 0 Å². The molecule has 8 N–H and O–H groups in total. The summed E-state index contributed by atoms with van der Waals surface area (Å²) in [5, 5.41) is 56.3. The van der Waals surface area contributed by atoms with Crippen LogP contribution in [0.5, 0.6) is 34.5 Å². The number of aliphatic hydroxyl groups is 4. The maximum Gasteiger partial charge on any atom is 1.00 e. The third-order valence-electron chi connectivity index (χ3n) is 18.9. The van der Waals surface area contributed by atoms with E-state index in [0.717, 1.165) is 104 Å². The van der Waals surface area contributed by atoms with Crippen molar-refractivity contribution in [2.75, 3.05) is 26.3 Å². The molecule has 41 heteroatoms. The van der Waals surface area contributed by atoms with Gasteiger partial charge in [0.15, 0.2) is 0 Å². The number of benzene rings is 6. The van der Waals surface area contributed by atoms with Gasteiger partial charge in [0.2, 0.25) is 11.6 Å². The van der Waals surface area contributed by atoms with Gasteiger partial charge in [-0.25, -0.2) is 9.63 Å². The molecule has 3 aliphatic rings. The number of ketones is 2. The zero-order valence-corrected chi connectivity index (χ0v) is 103. The van der Waals surface area contributed by atoms with Crippen molar-refractivity contribution < 1.29 is 257 Å². The number of halogens is 14. The molecular formula is C109H154ClF9I4K2N2O23. The molecule has 0 aromatic heterocycles. The Morgan fingerprint density at radius 3 is 1.03 bits per heavy atom. The molecule has 838 valence electrons. The number of carbonyl (C=O) groups excluding carboxylic acids is 7. The van der Waals surface area contributed by atoms with Gasteiger partial charge in [0.05, 0.1) is 37.6 Å². The number of aromatic hydroxyl groups is 1. The smallest absolute Gasteiger partial charge is 1.00 e. The van der Waals surface area contributed by atoms with Crippen LogP contribution in [0.4, 0.5) is 39.5 Å². The van der Waals surface area contributed by atoms with Crippen LogP contribution < -0.4 is 142 Å². The maximum absolute atomic E-state index is 12.2. The van der Waals surface area contributed by atoms with Crippen molar-refractivity contribution in [2.45, 2.75) is 363 Å². The van der Waals surface area contributed by atoms with E-state index in [1.165, 1.54) is 30.3 Å². The number of nitrogens with two attached hydrogens (primary N) is 1. The van der Waals surface area contributed by atoms with E-state index in [1.54, 1.807) is 89.2 Å². The van der Waals surface area contributed by atoms with Crippen molar-refractivity contribution >= 4 is 144 Å². The summed E-state index contributed by atoms with van der Waals surface area (Å²) in [7, 11) is 0. The van der Waals surface area contributed by atoms with Crippen LogP contribution >= 0.6 is 102 Å². The molecule has 6 atom stereocenters. The summed E-state index contributed by atoms with van der Waals surface area (Å²) in [6.07, 6.45) is 4.28. The summed E-state index contributed by atoms with van der Waals surface area (Å²) in [5.74, 6) is 12.1. The van der Waals surface area contributed by atoms with Crippen molar-refractivity contribution in [3.05, 3.63) is 171 Å². The van der Waals surface area contributed by atoms with E-state index in [9.17, 15) is 83.6 Å². The second-order valence-corrected chi connectivity index (χ2v) is 40.1. The first-order chi connectivity index (χ1) is 68.5. The number of hydrogen-bond acceptors (Lipinski definition) is 25. The van der Waals surface area contributed by atoms with E-state index in [1.807, 2.05) is 153 Å². The normalized spacial score (nSPS) is 14.2. The number of nitrogens with one attached hydrogen (secondary N) is 1. The number of phenols is 1. The fraction of sp³-hybridized carbons (Fsp3) is 0.550. The second-order valence-electron chi connectivity index (χ2n) is 34.9. The Balaban J connectivity index is -0.000000256. The maximum atomic E-state index is 12.2. The zero-order valence-electron chi connectivity index (χ0n) is 89.7. The molecule has 3 fully saturated rings. The molecule has 6 aromatic rings. The molecule has 0 saturated heterocycles. The largest absolute Gasteiger partial charge is 1.00 e. The molecule has 9 rings (SSSR count). The van der Waals surface area contributed by atoms with Gasteiger partial charge in [-0.3, -0.25) is 28.8 Å². The fourth-order valence-electron chi connectivity index (χ4n) is 11.9. The summed E-state index contributed by atoms with van der Waals surface area (Å²) in [5.41, 5.74) is 3.74. The third kappa shape index (κ3) is 89.1. The molecule has 0 bridgehead atoms. The van der Waals surface area contributed by atoms with Crippen LogP contribution in [0.1, 0.15) is 294 Å². The summed E-state index contributed by atoms with van der Waals surface area (Å²) in [6, 6.07) is 44.6. The van der Waals surface area contributed by atoms with Gasteiger partial charge in [-0.15, -0.1) is 6.42 Å². The number of hydrogen-bond donors (Lipinski definition) is 7. The van der Waals surface area contributed by atoms with Gasteiger partial charge in [-0.2, -0.15) is 39.5 Å². The van der Waals surface area contributed by atoms with Crippen LogP contribution in [-0.2, 0) is 57.4 Å². The Bertz CT molecular complexity index is 4870. The summed E-state index contributed by atoms with van der Waals surface area (Å²) >= 11 is 14.1. The fourth-order valence-corrected chi connectivity index (χ4v) is 14.2. The third-order valence-corrected chi connectivity index (χ3v) is 21.7. The molecule has 0 spiro atoms. The molecule has 0 unspecified atom stereocenters. The van der Waals surface area contributed by atoms with Crippen molar-refractivity contribution in [1.29, 1.82) is 0 Å². The Morgan fingerprint density at radius 2 is 0.793 bits per heavy atom. The first-order valence-electron chi connectivity index (χ1n) is 47.9. The average Bonchev–Trinajstić information content (AvgIpc) is 0.857. The number of rotatable bonds is 28. The number of carbonyl (C=O) groups is 7. The summed E-state index contributed by atoms with van der Waals surface area (Å²) < 4.78 is 163. The summed E-state index contributed by atoms with van der Waals surface area (Å²) in [6.45, 7) is 29.8. The number of Topliss-reactive ketones (excluding diaryl/α,β-unsaturated/α-hetero) is 2. The number of esters is 4. The zero-order chi connectivity index (χ0) is 113. The Hall–Kier alpha value is -4.94. The van der Waals surface area contributed by atoms with Gasteiger partial charge in [-0.05, 0) is 411 Å². The first kappa shape index (κ1) is 156. The SMILES string of the molecule is C.C.C#CC1(O)CCCCC1.CCOC(=O)C(F)(F)F.CCOC(C)=O.C[C@@H](CCC(=O)C(F)(F)F)Oc1cccc(C#CC2(O)CCCCC2)c1.C[C@@H](CCC(=O)C(F)(F)F)Oc1cccc(I)c1.C[C@@H](CCC(=O)OC(C)(C)C)Oc1cccc(I)c1.C[C@@H](CN)Oc1cccc(C#CC2(O)CCCCC2)c1.C[C@@H](CNCl)Oc1cccc(I)c1.C[C@@H](O)CCC(=O)OC(C)(C)C.O=CO[O-].Oc1cccc(I)c1.[2H]CC.[H-].[K+].[K+]. The van der Waals surface area contributed by atoms with Crippen molar-refractivity contribution in [3.63, 3.8) is 0 Å². The second kappa shape index (κ2) is 88.0. The molecule has 25 nitrogen and oxygen atoms in total. The molecule has 0 heterocycles. The summed E-state index contributed by atoms with van der Waals surface area (Å²) in [4.78, 5) is 77.6. The van der Waals surface area contributed by atoms with Gasteiger partial charge in [0, 0.05) is 72.5 Å². The van der Waals surface area contributed by atoms with Gasteiger partial charge >= 0.3 is 145 Å². The van der Waals surface area contributed by atoms with Crippen LogP contribution in [0, 0.1) is 50.3 Å². The number of aliphatic hydroxyl groups excluding tert-OH is 1. The quantitative estimate of drug-likeness (QED) is 0.00229. The van der Waals surface area contributed by atoms with E-state index < -0.39 is 95.2 Å². The minimum absolute atomic E-state index is 0. The molecule has 3 saturated carbocycles. The molecular weight excluding hydrogens is 2500 g/mol. The van der Waals surface area contributed by atoms with Gasteiger partial charge in [0.25, 0.3) is 6.47 Å². The predicted molar refractivity (Wildman–Crippen MR) is 592 cm³/mol. The van der Waals surface area contributed by atoms with E-state index in [0.29, 0.717) is 81.5 Å². The standard InChI is InChI=1S/C20H23F3O3.C17H23NO2.C15H21IO3.C12H12F3IO2.C9H11ClINO.C9H18O3.C8H12O.C6H5IO.C4H5F3O2.C4H8O2.C2H6.CH2O3.2CH4.2K.H/c1-15(8-9-18(24)20(21,22)23)26-17-7-5-6-16(14-17)10-13-19(25)11-3-2-4-12-19;1-14(13-18)20-16-7-5-6-15(12-16)8-11-17(19)9-3-2-4-10-17;1-11(8-9-14(17)19-15(2,3)4)18-13-7-5-6-12(16)10-13;1-8(5-6-11(17)12(13,14)15)18-10-4-2-3-9(16)7-10;1-7(6-12-10)13-9-4-2-3-8(11)5-9;1-7(10)5-6-8(11)12-9(2,3)4;1-2-8(9)6-4-3-5-7-8;7-5-2-1-3-6(8)4-5;1-2-9-3(8)4(5,6)7;1-3-6-4(2)5;1-2;2-1-4-3;;;;;/h5-7,14-15,25H,2-4,8-9,11-12H2,1H3;5-7,12,14,19H,2-4,9-10,13,18H2,1H3;5-7,10-11H,8-9H2,1-4H3;2-4,7-8H,5-6H2,1H3;2-5,7,12H,6H2,1H3;7,10H,5-6H2,1-4H3;1,9H,3-7H2;1-4,8H;2H2,1H3;3H2,1-2H3;1-2H3;1,3H;2*1H4;;;/q;;;;;;;;;;;;;;2*+1;-1/p-1/t15-;14-;11-;8-;2*7-;;;;;;;;;;;/m000001.........../s1/i;;;;;;;;;;1D;;;;;;. The minimum atomic E-state index is -4.85. The van der Waals surface area contributed by atoms with Crippen LogP contribution in [-0.4, -0.2) is 177 Å². The minimum Gasteiger partial charge on any atom is -1.00 e. The molecule has 150 heavy (non-hydrogen) atoms. The number of ether oxygens (including phenoxy) is 9. The molecule has 0 radical (unpaired) electrons. The number of phenolic OH excluding ortho intramolecular Hbond substituents is 1. The topological polar surface area (TPSA) is 374 Å². The van der Waals surface area contributed by atoms with Crippen LogP contribution in [0.2, 0.25) is 0 Å². The Morgan fingerprint density at radius 1 is 0.500 bits per heavy atom. The number of terminal acetylenes is 1. The molecule has 0 aliphatic heterocycles. The Kier molecular flexibility index (Phi) is 91.3. The van der Waals surface area contributed by atoms with Gasteiger partial charge in [-0.1, -0.05) is 114 Å². The van der Waals surface area contributed by atoms with E-state index in [4.69, 9.17) is 78.7 Å². The average molecular weight is 2650 g/mol. The van der Waals surface area contributed by atoms with Crippen molar-refractivity contribution in [2.24, 2.45) is 5.73 Å². The van der Waals surface area contributed by atoms with Gasteiger partial charge in [0.1, 0.15) is 74.7 Å². The Labute approximate surface area is 1030 Å².